The molecule has 0 aromatic heterocycles. The third kappa shape index (κ3) is 11.8. The normalized spacial score (nSPS) is 14.6. The van der Waals surface area contributed by atoms with E-state index < -0.39 is 6.10 Å². The van der Waals surface area contributed by atoms with Gasteiger partial charge in [0.1, 0.15) is 0 Å². The summed E-state index contributed by atoms with van der Waals surface area (Å²) in [7, 11) is 4.06. The first-order chi connectivity index (χ1) is 6.81. The highest BCUT2D eigenvalue weighted by atomic mass is 16.5. The summed E-state index contributed by atoms with van der Waals surface area (Å²) < 4.78 is 5.47. The van der Waals surface area contributed by atoms with Gasteiger partial charge in [0.15, 0.2) is 0 Å². The second-order valence-electron chi connectivity index (χ2n) is 5.08. The van der Waals surface area contributed by atoms with Crippen LogP contribution in [0.2, 0.25) is 0 Å². The molecule has 0 saturated carbocycles. The molecule has 1 unspecified atom stereocenters. The number of aliphatic hydroxyl groups excluding tert-OH is 1. The first kappa shape index (κ1) is 14.8. The molecule has 92 valence electrons. The van der Waals surface area contributed by atoms with E-state index in [0.717, 1.165) is 13.1 Å². The molecule has 0 aromatic rings. The average Bonchev–Trinajstić information content (AvgIpc) is 2.07. The number of aliphatic hydroxyl groups is 1. The Hall–Kier alpha value is -0.160. The summed E-state index contributed by atoms with van der Waals surface area (Å²) in [6, 6.07) is 0. The fraction of sp³-hybridized carbons (Fsp3) is 1.00. The zero-order valence-electron chi connectivity index (χ0n) is 10.7. The van der Waals surface area contributed by atoms with Crippen molar-refractivity contribution in [3.05, 3.63) is 0 Å². The molecule has 4 heteroatoms. The van der Waals surface area contributed by atoms with Gasteiger partial charge in [-0.1, -0.05) is 0 Å². The van der Waals surface area contributed by atoms with Gasteiger partial charge in [-0.25, -0.2) is 0 Å². The van der Waals surface area contributed by atoms with Crippen molar-refractivity contribution in [2.45, 2.75) is 32.5 Å². The number of likely N-dealkylation sites (N-methyl/N-ethyl adjacent to an activating group) is 1. The van der Waals surface area contributed by atoms with Crippen molar-refractivity contribution in [1.29, 1.82) is 0 Å². The topological polar surface area (TPSA) is 44.7 Å². The van der Waals surface area contributed by atoms with Crippen LogP contribution in [0.5, 0.6) is 0 Å². The van der Waals surface area contributed by atoms with Crippen LogP contribution in [0.3, 0.4) is 0 Å². The van der Waals surface area contributed by atoms with Gasteiger partial charge in [0.2, 0.25) is 0 Å². The maximum Gasteiger partial charge on any atom is 0.0897 e. The van der Waals surface area contributed by atoms with Crippen molar-refractivity contribution in [3.63, 3.8) is 0 Å². The smallest absolute Gasteiger partial charge is 0.0897 e. The lowest BCUT2D eigenvalue weighted by molar-refractivity contribution is -0.0478. The Balaban J connectivity index is 3.38. The highest BCUT2D eigenvalue weighted by Crippen LogP contribution is 2.06. The predicted octanol–water partition coefficient (Wildman–Crippen LogP) is 0.314. The number of nitrogens with one attached hydrogen (secondary N) is 1. The van der Waals surface area contributed by atoms with Crippen molar-refractivity contribution in [3.8, 4) is 0 Å². The molecular formula is C11H26N2O2. The minimum atomic E-state index is -0.425. The van der Waals surface area contributed by atoms with Crippen LogP contribution in [-0.4, -0.2) is 62.0 Å². The second-order valence-corrected chi connectivity index (χ2v) is 5.08. The number of hydrogen-bond acceptors (Lipinski definition) is 4. The summed E-state index contributed by atoms with van der Waals surface area (Å²) in [6.45, 7) is 8.80. The zero-order chi connectivity index (χ0) is 11.9. The highest BCUT2D eigenvalue weighted by molar-refractivity contribution is 4.64. The van der Waals surface area contributed by atoms with E-state index in [-0.39, 0.29) is 5.60 Å². The quantitative estimate of drug-likeness (QED) is 0.604. The third-order valence-corrected chi connectivity index (χ3v) is 1.82. The fourth-order valence-electron chi connectivity index (χ4n) is 0.976. The monoisotopic (exact) mass is 218 g/mol. The first-order valence-electron chi connectivity index (χ1n) is 5.49. The lowest BCUT2D eigenvalue weighted by atomic mass is 10.2. The van der Waals surface area contributed by atoms with Crippen molar-refractivity contribution in [1.82, 2.24) is 10.2 Å². The van der Waals surface area contributed by atoms with Gasteiger partial charge in [0, 0.05) is 19.6 Å². The van der Waals surface area contributed by atoms with Gasteiger partial charge in [0.05, 0.1) is 18.3 Å². The van der Waals surface area contributed by atoms with E-state index in [1.165, 1.54) is 0 Å². The van der Waals surface area contributed by atoms with Gasteiger partial charge in [-0.15, -0.1) is 0 Å². The number of nitrogens with zero attached hydrogens (tertiary/aromatic N) is 1. The molecule has 1 atom stereocenters. The van der Waals surface area contributed by atoms with E-state index in [4.69, 9.17) is 4.74 Å². The Morgan fingerprint density at radius 1 is 1.33 bits per heavy atom. The molecule has 0 fully saturated rings. The molecule has 0 radical (unpaired) electrons. The molecule has 0 aromatic carbocycles. The van der Waals surface area contributed by atoms with Gasteiger partial charge < -0.3 is 20.1 Å². The van der Waals surface area contributed by atoms with Crippen LogP contribution >= 0.6 is 0 Å². The lowest BCUT2D eigenvalue weighted by Gasteiger charge is -2.22. The molecule has 2 N–H and O–H groups in total. The highest BCUT2D eigenvalue weighted by Gasteiger charge is 2.13. The van der Waals surface area contributed by atoms with E-state index >= 15 is 0 Å². The van der Waals surface area contributed by atoms with Gasteiger partial charge in [0.25, 0.3) is 0 Å². The fourth-order valence-corrected chi connectivity index (χ4v) is 0.976. The first-order valence-corrected chi connectivity index (χ1v) is 5.49. The molecule has 0 heterocycles. The lowest BCUT2D eigenvalue weighted by Crippen LogP contribution is -2.36. The van der Waals surface area contributed by atoms with Crippen LogP contribution in [0.4, 0.5) is 0 Å². The van der Waals surface area contributed by atoms with Crippen LogP contribution in [0.1, 0.15) is 20.8 Å². The largest absolute Gasteiger partial charge is 0.389 e. The van der Waals surface area contributed by atoms with Crippen molar-refractivity contribution < 1.29 is 9.84 Å². The van der Waals surface area contributed by atoms with Gasteiger partial charge in [-0.05, 0) is 34.9 Å². The molecule has 0 bridgehead atoms. The maximum atomic E-state index is 9.58. The van der Waals surface area contributed by atoms with E-state index in [9.17, 15) is 5.11 Å². The predicted molar refractivity (Wildman–Crippen MR) is 63.1 cm³/mol. The summed E-state index contributed by atoms with van der Waals surface area (Å²) in [6.07, 6.45) is -0.425. The Bertz CT molecular complexity index is 155. The number of ether oxygens (including phenoxy) is 1. The molecule has 0 aliphatic carbocycles. The molecular weight excluding hydrogens is 192 g/mol. The Morgan fingerprint density at radius 3 is 2.40 bits per heavy atom. The molecule has 0 saturated heterocycles. The number of rotatable bonds is 7. The van der Waals surface area contributed by atoms with Crippen LogP contribution in [0.25, 0.3) is 0 Å². The maximum absolute atomic E-state index is 9.58. The Morgan fingerprint density at radius 2 is 1.93 bits per heavy atom. The van der Waals surface area contributed by atoms with Gasteiger partial charge in [-0.2, -0.15) is 0 Å². The summed E-state index contributed by atoms with van der Waals surface area (Å²) in [4.78, 5) is 2.10. The standard InChI is InChI=1S/C11H26N2O2/c1-11(2,3)15-9-10(14)8-12-6-7-13(4)5/h10,12,14H,6-9H2,1-5H3. The van der Waals surface area contributed by atoms with Gasteiger partial charge in [-0.3, -0.25) is 0 Å². The van der Waals surface area contributed by atoms with Gasteiger partial charge >= 0.3 is 0 Å². The number of hydrogen-bond donors (Lipinski definition) is 2. The molecule has 0 aliphatic heterocycles. The van der Waals surface area contributed by atoms with Crippen LogP contribution in [-0.2, 0) is 4.74 Å². The zero-order valence-corrected chi connectivity index (χ0v) is 10.7. The molecule has 0 rings (SSSR count). The summed E-state index contributed by atoms with van der Waals surface area (Å²) in [5, 5.41) is 12.8. The molecule has 4 nitrogen and oxygen atoms in total. The summed E-state index contributed by atoms with van der Waals surface area (Å²) in [5.74, 6) is 0. The van der Waals surface area contributed by atoms with E-state index in [1.807, 2.05) is 34.9 Å². The van der Waals surface area contributed by atoms with Crippen molar-refractivity contribution >= 4 is 0 Å². The molecule has 15 heavy (non-hydrogen) atoms. The van der Waals surface area contributed by atoms with Crippen LogP contribution < -0.4 is 5.32 Å². The Labute approximate surface area is 93.6 Å². The van der Waals surface area contributed by atoms with E-state index in [1.54, 1.807) is 0 Å². The SMILES string of the molecule is CN(C)CCNCC(O)COC(C)(C)C. The minimum absolute atomic E-state index is 0.176. The molecule has 0 spiro atoms. The summed E-state index contributed by atoms with van der Waals surface area (Å²) >= 11 is 0. The van der Waals surface area contributed by atoms with E-state index in [0.29, 0.717) is 13.2 Å². The third-order valence-electron chi connectivity index (χ3n) is 1.82. The van der Waals surface area contributed by atoms with E-state index in [2.05, 4.69) is 10.2 Å². The summed E-state index contributed by atoms with van der Waals surface area (Å²) in [5.41, 5.74) is -0.176. The second kappa shape index (κ2) is 7.17. The average molecular weight is 218 g/mol. The molecule has 0 aliphatic rings. The van der Waals surface area contributed by atoms with Crippen LogP contribution in [0.15, 0.2) is 0 Å². The molecule has 0 amide bonds. The Kier molecular flexibility index (Phi) is 7.09. The van der Waals surface area contributed by atoms with Crippen molar-refractivity contribution in [2.75, 3.05) is 40.3 Å². The van der Waals surface area contributed by atoms with Crippen molar-refractivity contribution in [2.24, 2.45) is 0 Å². The minimum Gasteiger partial charge on any atom is -0.389 e. The van der Waals surface area contributed by atoms with Crippen LogP contribution in [0, 0.1) is 0 Å².